The van der Waals surface area contributed by atoms with Gasteiger partial charge in [0.25, 0.3) is 5.91 Å². The van der Waals surface area contributed by atoms with Crippen molar-refractivity contribution < 1.29 is 19.4 Å². The van der Waals surface area contributed by atoms with Crippen molar-refractivity contribution >= 4 is 11.7 Å². The maximum atomic E-state index is 12.2. The van der Waals surface area contributed by atoms with Crippen molar-refractivity contribution in [3.8, 4) is 17.6 Å². The smallest absolute Gasteiger partial charge is 0.251 e. The molecule has 0 saturated heterocycles. The number of carbonyl (C=O) groups excluding carboxylic acids is 2. The molecule has 0 aliphatic rings. The number of aliphatic hydroxyl groups is 1. The van der Waals surface area contributed by atoms with Crippen molar-refractivity contribution in [3.63, 3.8) is 0 Å². The van der Waals surface area contributed by atoms with Gasteiger partial charge in [0.15, 0.2) is 5.78 Å². The molecule has 6 heteroatoms. The first-order chi connectivity index (χ1) is 10.8. The molecule has 0 saturated carbocycles. The SMILES string of the molecule is CC#CCOc1ccc(C(=O)N[C@H](C(=O)CO)C(C)(C)N)cc1. The minimum Gasteiger partial charge on any atom is -0.481 e. The van der Waals surface area contributed by atoms with Crippen LogP contribution in [0, 0.1) is 11.8 Å². The van der Waals surface area contributed by atoms with Crippen molar-refractivity contribution in [2.24, 2.45) is 5.73 Å². The first-order valence-corrected chi connectivity index (χ1v) is 7.15. The predicted molar refractivity (Wildman–Crippen MR) is 87.0 cm³/mol. The van der Waals surface area contributed by atoms with Gasteiger partial charge in [0.1, 0.15) is 25.0 Å². The van der Waals surface area contributed by atoms with Crippen LogP contribution in [0.2, 0.25) is 0 Å². The van der Waals surface area contributed by atoms with Crippen molar-refractivity contribution in [1.29, 1.82) is 0 Å². The Morgan fingerprint density at radius 3 is 2.43 bits per heavy atom. The minimum absolute atomic E-state index is 0.274. The molecule has 1 rings (SSSR count). The molecule has 1 aromatic rings. The average Bonchev–Trinajstić information content (AvgIpc) is 2.51. The Bertz CT molecular complexity index is 606. The van der Waals surface area contributed by atoms with Gasteiger partial charge in [-0.05, 0) is 45.0 Å². The van der Waals surface area contributed by atoms with Gasteiger partial charge in [-0.15, -0.1) is 5.92 Å². The summed E-state index contributed by atoms with van der Waals surface area (Å²) in [5.41, 5.74) is 5.27. The van der Waals surface area contributed by atoms with Gasteiger partial charge < -0.3 is 20.9 Å². The fourth-order valence-electron chi connectivity index (χ4n) is 1.88. The third-order valence-corrected chi connectivity index (χ3v) is 3.10. The summed E-state index contributed by atoms with van der Waals surface area (Å²) in [4.78, 5) is 24.0. The summed E-state index contributed by atoms with van der Waals surface area (Å²) >= 11 is 0. The van der Waals surface area contributed by atoms with Crippen molar-refractivity contribution in [2.75, 3.05) is 13.2 Å². The summed E-state index contributed by atoms with van der Waals surface area (Å²) in [6.07, 6.45) is 0. The van der Waals surface area contributed by atoms with Gasteiger partial charge in [0.05, 0.1) is 0 Å². The highest BCUT2D eigenvalue weighted by Crippen LogP contribution is 2.13. The number of benzene rings is 1. The molecule has 1 atom stereocenters. The number of hydrogen-bond acceptors (Lipinski definition) is 5. The molecular formula is C17H22N2O4. The fourth-order valence-corrected chi connectivity index (χ4v) is 1.88. The van der Waals surface area contributed by atoms with E-state index in [1.165, 1.54) is 0 Å². The van der Waals surface area contributed by atoms with E-state index < -0.39 is 29.9 Å². The molecule has 0 heterocycles. The van der Waals surface area contributed by atoms with E-state index in [0.29, 0.717) is 11.3 Å². The molecule has 6 nitrogen and oxygen atoms in total. The van der Waals surface area contributed by atoms with Crippen LogP contribution in [0.25, 0.3) is 0 Å². The molecule has 4 N–H and O–H groups in total. The second-order valence-corrected chi connectivity index (χ2v) is 5.59. The molecule has 0 radical (unpaired) electrons. The summed E-state index contributed by atoms with van der Waals surface area (Å²) in [5, 5.41) is 11.6. The Morgan fingerprint density at radius 1 is 1.35 bits per heavy atom. The summed E-state index contributed by atoms with van der Waals surface area (Å²) in [6.45, 7) is 4.53. The number of aliphatic hydroxyl groups excluding tert-OH is 1. The number of rotatable bonds is 7. The van der Waals surface area contributed by atoms with E-state index in [-0.39, 0.29) is 6.61 Å². The molecule has 1 amide bonds. The Balaban J connectivity index is 2.79. The van der Waals surface area contributed by atoms with E-state index in [2.05, 4.69) is 17.2 Å². The van der Waals surface area contributed by atoms with Gasteiger partial charge in [-0.1, -0.05) is 5.92 Å². The van der Waals surface area contributed by atoms with Crippen LogP contribution in [0.1, 0.15) is 31.1 Å². The van der Waals surface area contributed by atoms with E-state index >= 15 is 0 Å². The van der Waals surface area contributed by atoms with E-state index in [9.17, 15) is 9.59 Å². The van der Waals surface area contributed by atoms with Crippen molar-refractivity contribution in [1.82, 2.24) is 5.32 Å². The first-order valence-electron chi connectivity index (χ1n) is 7.15. The topological polar surface area (TPSA) is 102 Å². The minimum atomic E-state index is -0.989. The maximum absolute atomic E-state index is 12.2. The highest BCUT2D eigenvalue weighted by atomic mass is 16.5. The molecule has 124 valence electrons. The first kappa shape index (κ1) is 18.7. The van der Waals surface area contributed by atoms with Gasteiger partial charge >= 0.3 is 0 Å². The number of nitrogens with one attached hydrogen (secondary N) is 1. The molecule has 0 fully saturated rings. The van der Waals surface area contributed by atoms with E-state index in [1.807, 2.05) is 0 Å². The van der Waals surface area contributed by atoms with E-state index in [4.69, 9.17) is 15.6 Å². The fraction of sp³-hybridized carbons (Fsp3) is 0.412. The zero-order valence-electron chi connectivity index (χ0n) is 13.6. The van der Waals surface area contributed by atoms with Crippen LogP contribution in [0.5, 0.6) is 5.75 Å². The number of hydrogen-bond donors (Lipinski definition) is 3. The molecule has 0 spiro atoms. The van der Waals surface area contributed by atoms with Crippen LogP contribution >= 0.6 is 0 Å². The number of carbonyl (C=O) groups is 2. The van der Waals surface area contributed by atoms with E-state index in [1.54, 1.807) is 45.0 Å². The summed E-state index contributed by atoms with van der Waals surface area (Å²) < 4.78 is 5.36. The lowest BCUT2D eigenvalue weighted by atomic mass is 9.92. The predicted octanol–water partition coefficient (Wildman–Crippen LogP) is 0.486. The maximum Gasteiger partial charge on any atom is 0.251 e. The van der Waals surface area contributed by atoms with Crippen LogP contribution in [0.15, 0.2) is 24.3 Å². The summed E-state index contributed by atoms with van der Waals surface area (Å²) in [5.74, 6) is 5.09. The summed E-state index contributed by atoms with van der Waals surface area (Å²) in [7, 11) is 0. The van der Waals surface area contributed by atoms with Gasteiger partial charge in [-0.25, -0.2) is 0 Å². The van der Waals surface area contributed by atoms with Crippen molar-refractivity contribution in [2.45, 2.75) is 32.4 Å². The van der Waals surface area contributed by atoms with Gasteiger partial charge in [-0.3, -0.25) is 9.59 Å². The van der Waals surface area contributed by atoms with Gasteiger partial charge in [0.2, 0.25) is 0 Å². The number of amides is 1. The summed E-state index contributed by atoms with van der Waals surface area (Å²) in [6, 6.07) is 5.46. The van der Waals surface area contributed by atoms with Crippen LogP contribution < -0.4 is 15.8 Å². The Hall–Kier alpha value is -2.36. The Morgan fingerprint density at radius 2 is 1.96 bits per heavy atom. The molecule has 0 aliphatic carbocycles. The molecule has 0 unspecified atom stereocenters. The largest absolute Gasteiger partial charge is 0.481 e. The second-order valence-electron chi connectivity index (χ2n) is 5.59. The van der Waals surface area contributed by atoms with Crippen LogP contribution in [0.3, 0.4) is 0 Å². The lowest BCUT2D eigenvalue weighted by Crippen LogP contribution is -2.59. The van der Waals surface area contributed by atoms with Gasteiger partial charge in [0, 0.05) is 11.1 Å². The number of ketones is 1. The molecule has 1 aromatic carbocycles. The molecular weight excluding hydrogens is 296 g/mol. The van der Waals surface area contributed by atoms with E-state index in [0.717, 1.165) is 0 Å². The normalized spacial score (nSPS) is 11.9. The highest BCUT2D eigenvalue weighted by Gasteiger charge is 2.32. The zero-order chi connectivity index (χ0) is 17.5. The average molecular weight is 318 g/mol. The quantitative estimate of drug-likeness (QED) is 0.635. The Kier molecular flexibility index (Phi) is 6.76. The third-order valence-electron chi connectivity index (χ3n) is 3.10. The number of ether oxygens (including phenoxy) is 1. The molecule has 0 aromatic heterocycles. The van der Waals surface area contributed by atoms with Crippen molar-refractivity contribution in [3.05, 3.63) is 29.8 Å². The number of Topliss-reactive ketones (excluding diaryl/α,β-unsaturated/α-hetero) is 1. The molecule has 23 heavy (non-hydrogen) atoms. The van der Waals surface area contributed by atoms with Crippen LogP contribution in [0.4, 0.5) is 0 Å². The van der Waals surface area contributed by atoms with Gasteiger partial charge in [-0.2, -0.15) is 0 Å². The lowest BCUT2D eigenvalue weighted by Gasteiger charge is -2.29. The monoisotopic (exact) mass is 318 g/mol. The van der Waals surface area contributed by atoms with Crippen LogP contribution in [-0.4, -0.2) is 41.6 Å². The Labute approximate surface area is 136 Å². The third kappa shape index (κ3) is 5.74. The second kappa shape index (κ2) is 8.32. The molecule has 0 aliphatic heterocycles. The standard InChI is InChI=1S/C17H22N2O4/c1-4-5-10-23-13-8-6-12(7-9-13)16(22)19-15(14(21)11-20)17(2,3)18/h6-9,15,20H,10-11,18H2,1-3H3,(H,19,22)/t15-/m1/s1. The molecule has 0 bridgehead atoms. The highest BCUT2D eigenvalue weighted by molar-refractivity contribution is 5.98. The number of nitrogens with two attached hydrogens (primary N) is 1. The van der Waals surface area contributed by atoms with Crippen LogP contribution in [-0.2, 0) is 4.79 Å². The zero-order valence-corrected chi connectivity index (χ0v) is 13.6. The lowest BCUT2D eigenvalue weighted by molar-refractivity contribution is -0.124.